The van der Waals surface area contributed by atoms with Gasteiger partial charge >= 0.3 is 0 Å². The molecule has 0 radical (unpaired) electrons. The van der Waals surface area contributed by atoms with Crippen LogP contribution in [0.25, 0.3) is 11.0 Å². The number of aryl methyl sites for hydroxylation is 1. The molecule has 8 heteroatoms. The molecular formula is C21H18BrN5O2. The number of imidazole rings is 1. The van der Waals surface area contributed by atoms with Crippen LogP contribution in [0.15, 0.2) is 70.4 Å². The largest absolute Gasteiger partial charge is 0.457 e. The van der Waals surface area contributed by atoms with Crippen molar-refractivity contribution in [2.75, 3.05) is 12.4 Å². The molecule has 2 aromatic heterocycles. The summed E-state index contributed by atoms with van der Waals surface area (Å²) in [6.07, 6.45) is 3.18. The summed E-state index contributed by atoms with van der Waals surface area (Å²) >= 11 is 3.45. The van der Waals surface area contributed by atoms with Crippen LogP contribution in [0.5, 0.6) is 11.5 Å². The molecule has 0 aliphatic carbocycles. The fourth-order valence-electron chi connectivity index (χ4n) is 2.82. The predicted molar refractivity (Wildman–Crippen MR) is 117 cm³/mol. The number of nitrogens with one attached hydrogen (secondary N) is 1. The van der Waals surface area contributed by atoms with Gasteiger partial charge in [-0.05, 0) is 42.5 Å². The summed E-state index contributed by atoms with van der Waals surface area (Å²) in [6.45, 7) is 0. The van der Waals surface area contributed by atoms with E-state index in [0.29, 0.717) is 17.2 Å². The lowest BCUT2D eigenvalue weighted by Gasteiger charge is -2.07. The number of benzene rings is 2. The van der Waals surface area contributed by atoms with Gasteiger partial charge in [-0.2, -0.15) is 0 Å². The third-order valence-corrected chi connectivity index (χ3v) is 4.76. The van der Waals surface area contributed by atoms with Crippen molar-refractivity contribution < 1.29 is 9.57 Å². The van der Waals surface area contributed by atoms with Crippen LogP contribution in [-0.2, 0) is 11.9 Å². The molecular weight excluding hydrogens is 434 g/mol. The van der Waals surface area contributed by atoms with Crippen molar-refractivity contribution in [1.29, 1.82) is 0 Å². The Morgan fingerprint density at radius 2 is 1.86 bits per heavy atom. The number of fused-ring (bicyclic) bond motifs is 1. The zero-order valence-corrected chi connectivity index (χ0v) is 17.4. The van der Waals surface area contributed by atoms with E-state index in [2.05, 4.69) is 36.2 Å². The average Bonchev–Trinajstić information content (AvgIpc) is 3.03. The molecule has 0 amide bonds. The van der Waals surface area contributed by atoms with E-state index in [1.54, 1.807) is 18.3 Å². The second-order valence-electron chi connectivity index (χ2n) is 6.21. The highest BCUT2D eigenvalue weighted by Crippen LogP contribution is 2.28. The maximum atomic E-state index is 5.97. The van der Waals surface area contributed by atoms with Gasteiger partial charge in [-0.3, -0.25) is 4.98 Å². The van der Waals surface area contributed by atoms with E-state index in [0.717, 1.165) is 27.1 Å². The quantitative estimate of drug-likeness (QED) is 0.320. The van der Waals surface area contributed by atoms with Crippen LogP contribution in [0, 0.1) is 0 Å². The van der Waals surface area contributed by atoms with E-state index in [1.165, 1.54) is 13.3 Å². The van der Waals surface area contributed by atoms with Crippen molar-refractivity contribution in [2.45, 2.75) is 0 Å². The molecule has 1 N–H and O–H groups in total. The van der Waals surface area contributed by atoms with Crippen LogP contribution >= 0.6 is 15.9 Å². The van der Waals surface area contributed by atoms with Crippen LogP contribution in [0.1, 0.15) is 5.69 Å². The van der Waals surface area contributed by atoms with Gasteiger partial charge in [-0.25, -0.2) is 4.98 Å². The minimum absolute atomic E-state index is 0.643. The fraction of sp³-hybridized carbons (Fsp3) is 0.0952. The van der Waals surface area contributed by atoms with E-state index in [1.807, 2.05) is 54.1 Å². The minimum atomic E-state index is 0.643. The summed E-state index contributed by atoms with van der Waals surface area (Å²) in [7, 11) is 3.46. The first-order valence-electron chi connectivity index (χ1n) is 8.82. The van der Waals surface area contributed by atoms with Crippen molar-refractivity contribution in [3.05, 3.63) is 71.0 Å². The van der Waals surface area contributed by atoms with Crippen LogP contribution in [0.3, 0.4) is 0 Å². The Morgan fingerprint density at radius 3 is 2.66 bits per heavy atom. The monoisotopic (exact) mass is 451 g/mol. The Hall–Kier alpha value is -3.39. The average molecular weight is 452 g/mol. The van der Waals surface area contributed by atoms with Crippen LogP contribution in [0.4, 0.5) is 11.6 Å². The van der Waals surface area contributed by atoms with Gasteiger partial charge in [0.05, 0.1) is 22.9 Å². The SMILES string of the molecule is CON=Cc1cc(Oc2ccc3c(c2)nc(Nc2ccc(Br)cc2)n3C)ccn1. The van der Waals surface area contributed by atoms with Crippen LogP contribution in [-0.4, -0.2) is 27.9 Å². The molecule has 0 atom stereocenters. The topological polar surface area (TPSA) is 73.6 Å². The van der Waals surface area contributed by atoms with Gasteiger partial charge in [-0.15, -0.1) is 0 Å². The van der Waals surface area contributed by atoms with Crippen molar-refractivity contribution in [2.24, 2.45) is 12.2 Å². The number of aromatic nitrogens is 3. The lowest BCUT2D eigenvalue weighted by Crippen LogP contribution is -1.98. The van der Waals surface area contributed by atoms with Crippen molar-refractivity contribution in [3.8, 4) is 11.5 Å². The lowest BCUT2D eigenvalue weighted by molar-refractivity contribution is 0.215. The van der Waals surface area contributed by atoms with Gasteiger partial charge in [0, 0.05) is 35.5 Å². The molecule has 0 fully saturated rings. The van der Waals surface area contributed by atoms with Gasteiger partial charge in [0.1, 0.15) is 18.6 Å². The van der Waals surface area contributed by atoms with Gasteiger partial charge in [-0.1, -0.05) is 21.1 Å². The number of oxime groups is 1. The molecule has 0 aliphatic rings. The van der Waals surface area contributed by atoms with Crippen molar-refractivity contribution in [3.63, 3.8) is 0 Å². The first kappa shape index (κ1) is 18.9. The highest BCUT2D eigenvalue weighted by atomic mass is 79.9. The zero-order valence-electron chi connectivity index (χ0n) is 15.8. The summed E-state index contributed by atoms with van der Waals surface area (Å²) in [6, 6.07) is 17.3. The smallest absolute Gasteiger partial charge is 0.208 e. The van der Waals surface area contributed by atoms with E-state index in [9.17, 15) is 0 Å². The number of rotatable bonds is 6. The maximum Gasteiger partial charge on any atom is 0.208 e. The molecule has 0 aliphatic heterocycles. The maximum absolute atomic E-state index is 5.97. The molecule has 2 aromatic carbocycles. The minimum Gasteiger partial charge on any atom is -0.457 e. The fourth-order valence-corrected chi connectivity index (χ4v) is 3.09. The zero-order chi connectivity index (χ0) is 20.2. The Labute approximate surface area is 176 Å². The number of nitrogens with zero attached hydrogens (tertiary/aromatic N) is 4. The van der Waals surface area contributed by atoms with Gasteiger partial charge in [0.15, 0.2) is 0 Å². The molecule has 4 rings (SSSR count). The van der Waals surface area contributed by atoms with E-state index in [-0.39, 0.29) is 0 Å². The third-order valence-electron chi connectivity index (χ3n) is 4.23. The van der Waals surface area contributed by atoms with Gasteiger partial charge < -0.3 is 19.5 Å². The summed E-state index contributed by atoms with van der Waals surface area (Å²) in [5.41, 5.74) is 3.44. The summed E-state index contributed by atoms with van der Waals surface area (Å²) in [5.74, 6) is 2.09. The Morgan fingerprint density at radius 1 is 1.07 bits per heavy atom. The normalized spacial score (nSPS) is 11.1. The van der Waals surface area contributed by atoms with Crippen LogP contribution < -0.4 is 10.1 Å². The van der Waals surface area contributed by atoms with E-state index < -0.39 is 0 Å². The molecule has 0 unspecified atom stereocenters. The highest BCUT2D eigenvalue weighted by molar-refractivity contribution is 9.10. The summed E-state index contributed by atoms with van der Waals surface area (Å²) in [4.78, 5) is 13.6. The number of pyridine rings is 1. The third kappa shape index (κ3) is 4.38. The number of anilines is 2. The molecule has 7 nitrogen and oxygen atoms in total. The second-order valence-corrected chi connectivity index (χ2v) is 7.13. The molecule has 2 heterocycles. The first-order chi connectivity index (χ1) is 14.1. The number of ether oxygens (including phenoxy) is 1. The predicted octanol–water partition coefficient (Wildman–Crippen LogP) is 5.25. The van der Waals surface area contributed by atoms with Crippen molar-refractivity contribution in [1.82, 2.24) is 14.5 Å². The lowest BCUT2D eigenvalue weighted by atomic mass is 10.3. The Bertz CT molecular complexity index is 1170. The Balaban J connectivity index is 1.58. The van der Waals surface area contributed by atoms with Crippen LogP contribution in [0.2, 0.25) is 0 Å². The molecule has 0 saturated heterocycles. The molecule has 29 heavy (non-hydrogen) atoms. The summed E-state index contributed by atoms with van der Waals surface area (Å²) in [5, 5.41) is 7.06. The highest BCUT2D eigenvalue weighted by Gasteiger charge is 2.10. The first-order valence-corrected chi connectivity index (χ1v) is 9.61. The molecule has 0 bridgehead atoms. The summed E-state index contributed by atoms with van der Waals surface area (Å²) < 4.78 is 9.01. The molecule has 0 spiro atoms. The molecule has 146 valence electrons. The number of hydrogen-bond acceptors (Lipinski definition) is 6. The van der Waals surface area contributed by atoms with E-state index >= 15 is 0 Å². The number of hydrogen-bond donors (Lipinski definition) is 1. The van der Waals surface area contributed by atoms with Gasteiger partial charge in [0.25, 0.3) is 0 Å². The van der Waals surface area contributed by atoms with Gasteiger partial charge in [0.2, 0.25) is 5.95 Å². The Kier molecular flexibility index (Phi) is 5.44. The standard InChI is InChI=1S/C21H18BrN5O2/c1-27-20-8-7-17(29-18-9-10-23-16(11-18)13-24-28-2)12-19(20)26-21(27)25-15-5-3-14(22)4-6-15/h3-13H,1-2H3,(H,25,26). The van der Waals surface area contributed by atoms with E-state index in [4.69, 9.17) is 9.72 Å². The second kappa shape index (κ2) is 8.32. The van der Waals surface area contributed by atoms with Crippen molar-refractivity contribution >= 4 is 44.8 Å². The number of halogens is 1. The molecule has 0 saturated carbocycles. The molecule has 4 aromatic rings.